The van der Waals surface area contributed by atoms with Crippen molar-refractivity contribution >= 4 is 18.3 Å². The van der Waals surface area contributed by atoms with Gasteiger partial charge in [-0.1, -0.05) is 6.92 Å². The van der Waals surface area contributed by atoms with Crippen LogP contribution in [0.3, 0.4) is 0 Å². The van der Waals surface area contributed by atoms with E-state index in [1.54, 1.807) is 7.11 Å². The number of hydrogen-bond donors (Lipinski definition) is 1. The number of methoxy groups -OCH3 is 1. The molecule has 4 nitrogen and oxygen atoms in total. The predicted octanol–water partition coefficient (Wildman–Crippen LogP) is 1.17. The van der Waals surface area contributed by atoms with Crippen molar-refractivity contribution in [1.29, 1.82) is 0 Å². The van der Waals surface area contributed by atoms with Gasteiger partial charge in [-0.15, -0.1) is 12.4 Å². The summed E-state index contributed by atoms with van der Waals surface area (Å²) in [5.74, 6) is 0.0616. The molecule has 0 aliphatic carbocycles. The minimum absolute atomic E-state index is 0. The summed E-state index contributed by atoms with van der Waals surface area (Å²) in [7, 11) is 1.54. The minimum atomic E-state index is -0.461. The van der Waals surface area contributed by atoms with E-state index in [9.17, 15) is 4.79 Å². The molecule has 1 fully saturated rings. The molecule has 96 valence electrons. The molecule has 0 bridgehead atoms. The predicted molar refractivity (Wildman–Crippen MR) is 66.7 cm³/mol. The van der Waals surface area contributed by atoms with E-state index in [2.05, 4.69) is 6.92 Å². The van der Waals surface area contributed by atoms with Crippen LogP contribution >= 0.6 is 12.4 Å². The number of rotatable bonds is 4. The molecule has 16 heavy (non-hydrogen) atoms. The van der Waals surface area contributed by atoms with E-state index >= 15 is 0 Å². The number of likely N-dealkylation sites (tertiary alicyclic amines) is 1. The topological polar surface area (TPSA) is 55.6 Å². The molecule has 1 rings (SSSR count). The summed E-state index contributed by atoms with van der Waals surface area (Å²) in [5.41, 5.74) is 5.51. The lowest BCUT2D eigenvalue weighted by atomic mass is 9.99. The molecule has 1 aliphatic heterocycles. The van der Waals surface area contributed by atoms with Gasteiger partial charge < -0.3 is 15.4 Å². The number of nitrogens with two attached hydrogens (primary N) is 1. The van der Waals surface area contributed by atoms with Crippen LogP contribution in [0.2, 0.25) is 0 Å². The van der Waals surface area contributed by atoms with E-state index in [0.717, 1.165) is 25.8 Å². The van der Waals surface area contributed by atoms with Crippen LogP contribution in [0, 0.1) is 0 Å². The zero-order valence-electron chi connectivity index (χ0n) is 10.1. The Hall–Kier alpha value is -0.320. The summed E-state index contributed by atoms with van der Waals surface area (Å²) in [6, 6.07) is 0.385. The van der Waals surface area contributed by atoms with E-state index in [4.69, 9.17) is 10.5 Å². The summed E-state index contributed by atoms with van der Waals surface area (Å²) in [6.45, 7) is 3.25. The second-order valence-corrected chi connectivity index (χ2v) is 4.05. The number of carbonyl (C=O) groups is 1. The monoisotopic (exact) mass is 250 g/mol. The molecule has 2 N–H and O–H groups in total. The van der Waals surface area contributed by atoms with E-state index < -0.39 is 6.10 Å². The minimum Gasteiger partial charge on any atom is -0.370 e. The van der Waals surface area contributed by atoms with Crippen molar-refractivity contribution in [3.63, 3.8) is 0 Å². The van der Waals surface area contributed by atoms with E-state index in [1.807, 2.05) is 4.90 Å². The summed E-state index contributed by atoms with van der Waals surface area (Å²) in [4.78, 5) is 14.0. The second-order valence-electron chi connectivity index (χ2n) is 4.05. The van der Waals surface area contributed by atoms with Gasteiger partial charge in [0.2, 0.25) is 0 Å². The van der Waals surface area contributed by atoms with E-state index in [-0.39, 0.29) is 24.9 Å². The van der Waals surface area contributed by atoms with Crippen molar-refractivity contribution in [3.8, 4) is 0 Å². The molecule has 0 aromatic carbocycles. The first-order chi connectivity index (χ1) is 7.24. The van der Waals surface area contributed by atoms with Crippen molar-refractivity contribution in [1.82, 2.24) is 4.90 Å². The fourth-order valence-electron chi connectivity index (χ4n) is 2.20. The molecule has 2 atom stereocenters. The Morgan fingerprint density at radius 3 is 2.75 bits per heavy atom. The van der Waals surface area contributed by atoms with Crippen molar-refractivity contribution in [2.45, 2.75) is 44.8 Å². The van der Waals surface area contributed by atoms with Crippen LogP contribution in [0.15, 0.2) is 0 Å². The van der Waals surface area contributed by atoms with Crippen LogP contribution < -0.4 is 5.73 Å². The highest BCUT2D eigenvalue weighted by molar-refractivity contribution is 5.85. The maximum absolute atomic E-state index is 12.1. The lowest BCUT2D eigenvalue weighted by Crippen LogP contribution is -2.50. The molecule has 0 spiro atoms. The normalized spacial score (nSPS) is 22.4. The summed E-state index contributed by atoms with van der Waals surface area (Å²) >= 11 is 0. The molecule has 5 heteroatoms. The summed E-state index contributed by atoms with van der Waals surface area (Å²) in [5, 5.41) is 0. The Bertz CT molecular complexity index is 210. The lowest BCUT2D eigenvalue weighted by Gasteiger charge is -2.36. The van der Waals surface area contributed by atoms with Crippen molar-refractivity contribution < 1.29 is 9.53 Å². The van der Waals surface area contributed by atoms with Gasteiger partial charge in [-0.05, 0) is 25.7 Å². The third-order valence-electron chi connectivity index (χ3n) is 3.16. The van der Waals surface area contributed by atoms with Gasteiger partial charge in [-0.25, -0.2) is 0 Å². The van der Waals surface area contributed by atoms with E-state index in [1.165, 1.54) is 6.42 Å². The Kier molecular flexibility index (Phi) is 7.72. The maximum atomic E-state index is 12.1. The molecule has 0 aromatic rings. The highest BCUT2D eigenvalue weighted by atomic mass is 35.5. The Morgan fingerprint density at radius 1 is 1.56 bits per heavy atom. The quantitative estimate of drug-likeness (QED) is 0.815. The Balaban J connectivity index is 0.00000225. The fourth-order valence-corrected chi connectivity index (χ4v) is 2.20. The van der Waals surface area contributed by atoms with Crippen LogP contribution in [0.5, 0.6) is 0 Å². The van der Waals surface area contributed by atoms with Gasteiger partial charge in [0.25, 0.3) is 5.91 Å². The molecule has 0 saturated carbocycles. The Labute approximate surface area is 104 Å². The molecule has 0 aromatic heterocycles. The standard InChI is InChI=1S/C11H22N2O2.ClH/c1-3-9-6-4-5-7-13(9)11(14)10(8-12)15-2;/h9-10H,3-8,12H2,1-2H3;1H. The second kappa shape index (κ2) is 7.87. The van der Waals surface area contributed by atoms with Gasteiger partial charge in [0.15, 0.2) is 0 Å². The van der Waals surface area contributed by atoms with Gasteiger partial charge in [0, 0.05) is 26.2 Å². The first kappa shape index (κ1) is 15.7. The van der Waals surface area contributed by atoms with Crippen molar-refractivity contribution in [3.05, 3.63) is 0 Å². The van der Waals surface area contributed by atoms with Crippen LogP contribution in [0.25, 0.3) is 0 Å². The van der Waals surface area contributed by atoms with Crippen molar-refractivity contribution in [2.75, 3.05) is 20.2 Å². The summed E-state index contributed by atoms with van der Waals surface area (Å²) in [6.07, 6.45) is 4.00. The van der Waals surface area contributed by atoms with Crippen LogP contribution in [-0.2, 0) is 9.53 Å². The number of hydrogen-bond acceptors (Lipinski definition) is 3. The van der Waals surface area contributed by atoms with Crippen LogP contribution in [-0.4, -0.2) is 43.2 Å². The maximum Gasteiger partial charge on any atom is 0.253 e. The summed E-state index contributed by atoms with van der Waals surface area (Å²) < 4.78 is 5.09. The average Bonchev–Trinajstić information content (AvgIpc) is 2.30. The molecular weight excluding hydrogens is 228 g/mol. The zero-order valence-corrected chi connectivity index (χ0v) is 11.0. The fraction of sp³-hybridized carbons (Fsp3) is 0.909. The number of halogens is 1. The molecule has 1 heterocycles. The first-order valence-corrected chi connectivity index (χ1v) is 5.77. The highest BCUT2D eigenvalue weighted by Gasteiger charge is 2.29. The smallest absolute Gasteiger partial charge is 0.253 e. The third-order valence-corrected chi connectivity index (χ3v) is 3.16. The van der Waals surface area contributed by atoms with Gasteiger partial charge in [0.1, 0.15) is 6.10 Å². The van der Waals surface area contributed by atoms with Gasteiger partial charge in [-0.3, -0.25) is 4.79 Å². The van der Waals surface area contributed by atoms with Crippen molar-refractivity contribution in [2.24, 2.45) is 5.73 Å². The third kappa shape index (κ3) is 3.61. The van der Waals surface area contributed by atoms with Gasteiger partial charge in [0.05, 0.1) is 0 Å². The largest absolute Gasteiger partial charge is 0.370 e. The first-order valence-electron chi connectivity index (χ1n) is 5.77. The molecule has 1 amide bonds. The van der Waals surface area contributed by atoms with Gasteiger partial charge in [-0.2, -0.15) is 0 Å². The SMILES string of the molecule is CCC1CCCCN1C(=O)C(CN)OC.Cl. The number of ether oxygens (including phenoxy) is 1. The number of piperidine rings is 1. The Morgan fingerprint density at radius 2 is 2.25 bits per heavy atom. The molecule has 2 unspecified atom stereocenters. The van der Waals surface area contributed by atoms with Crippen LogP contribution in [0.4, 0.5) is 0 Å². The number of nitrogens with zero attached hydrogens (tertiary/aromatic N) is 1. The number of carbonyl (C=O) groups excluding carboxylic acids is 1. The molecule has 1 saturated heterocycles. The van der Waals surface area contributed by atoms with Gasteiger partial charge >= 0.3 is 0 Å². The number of amides is 1. The average molecular weight is 251 g/mol. The molecule has 1 aliphatic rings. The van der Waals surface area contributed by atoms with E-state index in [0.29, 0.717) is 6.04 Å². The highest BCUT2D eigenvalue weighted by Crippen LogP contribution is 2.20. The van der Waals surface area contributed by atoms with Crippen LogP contribution in [0.1, 0.15) is 32.6 Å². The molecule has 0 radical (unpaired) electrons. The molecular formula is C11H23ClN2O2. The lowest BCUT2D eigenvalue weighted by molar-refractivity contribution is -0.145. The zero-order chi connectivity index (χ0) is 11.3.